The Labute approximate surface area is 124 Å². The fraction of sp³-hybridized carbons (Fsp3) is 0.312. The first kappa shape index (κ1) is 14.8. The second-order valence-corrected chi connectivity index (χ2v) is 5.54. The quantitative estimate of drug-likeness (QED) is 0.845. The Morgan fingerprint density at radius 2 is 2.00 bits per heavy atom. The van der Waals surface area contributed by atoms with Crippen molar-refractivity contribution in [2.45, 2.75) is 32.9 Å². The van der Waals surface area contributed by atoms with E-state index >= 15 is 0 Å². The van der Waals surface area contributed by atoms with Crippen LogP contribution in [-0.4, -0.2) is 5.91 Å². The second kappa shape index (κ2) is 7.22. The van der Waals surface area contributed by atoms with Gasteiger partial charge in [0.05, 0.1) is 0 Å². The highest BCUT2D eigenvalue weighted by Gasteiger charge is 2.05. The summed E-state index contributed by atoms with van der Waals surface area (Å²) in [5.74, 6) is 0.0429. The van der Waals surface area contributed by atoms with Crippen molar-refractivity contribution in [2.24, 2.45) is 0 Å². The van der Waals surface area contributed by atoms with Gasteiger partial charge in [0.25, 0.3) is 0 Å². The SMILES string of the molecule is CCC(=O)Nc1ccc([C@H](C)NCc2ccsc2)cc1. The molecule has 3 nitrogen and oxygen atoms in total. The van der Waals surface area contributed by atoms with Gasteiger partial charge >= 0.3 is 0 Å². The highest BCUT2D eigenvalue weighted by Crippen LogP contribution is 2.17. The fourth-order valence-corrected chi connectivity index (χ4v) is 2.56. The van der Waals surface area contributed by atoms with Crippen LogP contribution >= 0.6 is 11.3 Å². The minimum absolute atomic E-state index is 0.0429. The Morgan fingerprint density at radius 3 is 2.60 bits per heavy atom. The summed E-state index contributed by atoms with van der Waals surface area (Å²) in [4.78, 5) is 11.3. The maximum atomic E-state index is 11.3. The minimum atomic E-state index is 0.0429. The lowest BCUT2D eigenvalue weighted by atomic mass is 10.1. The van der Waals surface area contributed by atoms with Gasteiger partial charge in [-0.3, -0.25) is 4.79 Å². The summed E-state index contributed by atoms with van der Waals surface area (Å²) in [5.41, 5.74) is 3.38. The van der Waals surface area contributed by atoms with E-state index in [0.717, 1.165) is 12.2 Å². The average Bonchev–Trinajstić information content (AvgIpc) is 2.98. The van der Waals surface area contributed by atoms with Crippen LogP contribution in [0.25, 0.3) is 0 Å². The van der Waals surface area contributed by atoms with Crippen molar-refractivity contribution in [3.8, 4) is 0 Å². The van der Waals surface area contributed by atoms with Gasteiger partial charge in [-0.15, -0.1) is 0 Å². The van der Waals surface area contributed by atoms with Crippen molar-refractivity contribution in [3.63, 3.8) is 0 Å². The normalized spacial score (nSPS) is 12.1. The molecule has 1 atom stereocenters. The number of anilines is 1. The molecule has 0 saturated carbocycles. The number of carbonyl (C=O) groups is 1. The molecule has 0 bridgehead atoms. The van der Waals surface area contributed by atoms with E-state index < -0.39 is 0 Å². The van der Waals surface area contributed by atoms with Gasteiger partial charge in [-0.05, 0) is 47.0 Å². The van der Waals surface area contributed by atoms with E-state index in [0.29, 0.717) is 6.42 Å². The number of amides is 1. The Kier molecular flexibility index (Phi) is 5.32. The molecule has 1 aromatic carbocycles. The summed E-state index contributed by atoms with van der Waals surface area (Å²) in [7, 11) is 0. The molecule has 0 unspecified atom stereocenters. The van der Waals surface area contributed by atoms with Gasteiger partial charge in [-0.25, -0.2) is 0 Å². The third kappa shape index (κ3) is 4.18. The van der Waals surface area contributed by atoms with Gasteiger partial charge in [-0.1, -0.05) is 19.1 Å². The number of rotatable bonds is 6. The molecule has 2 N–H and O–H groups in total. The van der Waals surface area contributed by atoms with Crippen LogP contribution in [0.15, 0.2) is 41.1 Å². The molecule has 1 amide bonds. The molecule has 0 aliphatic carbocycles. The molecule has 0 radical (unpaired) electrons. The zero-order valence-electron chi connectivity index (χ0n) is 11.8. The molecule has 20 heavy (non-hydrogen) atoms. The molecule has 2 rings (SSSR count). The predicted molar refractivity (Wildman–Crippen MR) is 84.9 cm³/mol. The van der Waals surface area contributed by atoms with E-state index in [1.54, 1.807) is 11.3 Å². The van der Waals surface area contributed by atoms with Gasteiger partial charge in [0.15, 0.2) is 0 Å². The van der Waals surface area contributed by atoms with Crippen LogP contribution in [0.4, 0.5) is 5.69 Å². The highest BCUT2D eigenvalue weighted by molar-refractivity contribution is 7.07. The van der Waals surface area contributed by atoms with Crippen LogP contribution in [0.3, 0.4) is 0 Å². The number of hydrogen-bond donors (Lipinski definition) is 2. The summed E-state index contributed by atoms with van der Waals surface area (Å²) in [5, 5.41) is 10.6. The Balaban J connectivity index is 1.90. The Morgan fingerprint density at radius 1 is 1.25 bits per heavy atom. The smallest absolute Gasteiger partial charge is 0.224 e. The van der Waals surface area contributed by atoms with Crippen LogP contribution in [-0.2, 0) is 11.3 Å². The molecule has 0 aliphatic rings. The molecule has 106 valence electrons. The first-order chi connectivity index (χ1) is 9.69. The summed E-state index contributed by atoms with van der Waals surface area (Å²) in [6.45, 7) is 4.87. The molecule has 1 heterocycles. The van der Waals surface area contributed by atoms with Crippen LogP contribution < -0.4 is 10.6 Å². The average molecular weight is 288 g/mol. The number of nitrogens with one attached hydrogen (secondary N) is 2. The number of hydrogen-bond acceptors (Lipinski definition) is 3. The molecule has 4 heteroatoms. The monoisotopic (exact) mass is 288 g/mol. The van der Waals surface area contributed by atoms with Gasteiger partial charge in [0, 0.05) is 24.7 Å². The van der Waals surface area contributed by atoms with Crippen molar-refractivity contribution in [3.05, 3.63) is 52.2 Å². The first-order valence-electron chi connectivity index (χ1n) is 6.83. The van der Waals surface area contributed by atoms with E-state index in [9.17, 15) is 4.79 Å². The lowest BCUT2D eigenvalue weighted by molar-refractivity contribution is -0.115. The van der Waals surface area contributed by atoms with Crippen LogP contribution in [0.2, 0.25) is 0 Å². The third-order valence-corrected chi connectivity index (χ3v) is 3.94. The second-order valence-electron chi connectivity index (χ2n) is 4.76. The molecule has 2 aromatic rings. The standard InChI is InChI=1S/C16H20N2OS/c1-3-16(19)18-15-6-4-14(5-7-15)12(2)17-10-13-8-9-20-11-13/h4-9,11-12,17H,3,10H2,1-2H3,(H,18,19)/t12-/m0/s1. The minimum Gasteiger partial charge on any atom is -0.326 e. The van der Waals surface area contributed by atoms with Crippen LogP contribution in [0, 0.1) is 0 Å². The number of benzene rings is 1. The van der Waals surface area contributed by atoms with Gasteiger partial charge < -0.3 is 10.6 Å². The zero-order chi connectivity index (χ0) is 14.4. The number of carbonyl (C=O) groups excluding carboxylic acids is 1. The van der Waals surface area contributed by atoms with Crippen LogP contribution in [0.5, 0.6) is 0 Å². The molecular weight excluding hydrogens is 268 g/mol. The van der Waals surface area contributed by atoms with E-state index in [-0.39, 0.29) is 11.9 Å². The first-order valence-corrected chi connectivity index (χ1v) is 7.77. The summed E-state index contributed by atoms with van der Waals surface area (Å²) < 4.78 is 0. The summed E-state index contributed by atoms with van der Waals surface area (Å²) in [6.07, 6.45) is 0.500. The Bertz CT molecular complexity index is 534. The van der Waals surface area contributed by atoms with Crippen molar-refractivity contribution >= 4 is 22.9 Å². The molecular formula is C16H20N2OS. The summed E-state index contributed by atoms with van der Waals surface area (Å²) in [6, 6.07) is 10.4. The summed E-state index contributed by atoms with van der Waals surface area (Å²) >= 11 is 1.72. The van der Waals surface area contributed by atoms with E-state index in [1.165, 1.54) is 11.1 Å². The topological polar surface area (TPSA) is 41.1 Å². The molecule has 1 aromatic heterocycles. The van der Waals surface area contributed by atoms with Crippen LogP contribution in [0.1, 0.15) is 37.4 Å². The van der Waals surface area contributed by atoms with Gasteiger partial charge in [0.1, 0.15) is 0 Å². The third-order valence-electron chi connectivity index (χ3n) is 3.21. The highest BCUT2D eigenvalue weighted by atomic mass is 32.1. The largest absolute Gasteiger partial charge is 0.326 e. The molecule has 0 spiro atoms. The molecule has 0 saturated heterocycles. The zero-order valence-corrected chi connectivity index (χ0v) is 12.7. The molecule has 0 aliphatic heterocycles. The van der Waals surface area contributed by atoms with Gasteiger partial charge in [-0.2, -0.15) is 11.3 Å². The van der Waals surface area contributed by atoms with Gasteiger partial charge in [0.2, 0.25) is 5.91 Å². The van der Waals surface area contributed by atoms with Crippen molar-refractivity contribution < 1.29 is 4.79 Å². The maximum absolute atomic E-state index is 11.3. The van der Waals surface area contributed by atoms with Crippen molar-refractivity contribution in [1.82, 2.24) is 5.32 Å². The van der Waals surface area contributed by atoms with E-state index in [2.05, 4.69) is 46.5 Å². The van der Waals surface area contributed by atoms with Crippen molar-refractivity contribution in [2.75, 3.05) is 5.32 Å². The fourth-order valence-electron chi connectivity index (χ4n) is 1.89. The maximum Gasteiger partial charge on any atom is 0.224 e. The lowest BCUT2D eigenvalue weighted by Crippen LogP contribution is -2.17. The number of thiophene rings is 1. The van der Waals surface area contributed by atoms with Crippen molar-refractivity contribution in [1.29, 1.82) is 0 Å². The molecule has 0 fully saturated rings. The predicted octanol–water partition coefficient (Wildman–Crippen LogP) is 3.95. The van der Waals surface area contributed by atoms with E-state index in [1.807, 2.05) is 19.1 Å². The lowest BCUT2D eigenvalue weighted by Gasteiger charge is -2.14. The van der Waals surface area contributed by atoms with E-state index in [4.69, 9.17) is 0 Å². The Hall–Kier alpha value is -1.65.